The monoisotopic (exact) mass is 283 g/mol. The van der Waals surface area contributed by atoms with E-state index in [4.69, 9.17) is 5.73 Å². The maximum Gasteiger partial charge on any atom is 0.126 e. The molecule has 112 valence electrons. The Labute approximate surface area is 119 Å². The molecule has 2 rings (SSSR count). The zero-order valence-corrected chi connectivity index (χ0v) is 12.1. The zero-order valence-electron chi connectivity index (χ0n) is 12.1. The van der Waals surface area contributed by atoms with Crippen LogP contribution in [-0.2, 0) is 0 Å². The van der Waals surface area contributed by atoms with E-state index in [9.17, 15) is 8.78 Å². The molecule has 0 radical (unpaired) electrons. The predicted octanol–water partition coefficient (Wildman–Crippen LogP) is 1.99. The molecular formula is C15H23F2N3. The van der Waals surface area contributed by atoms with Crippen molar-refractivity contribution in [2.24, 2.45) is 5.73 Å². The molecule has 5 heteroatoms. The maximum absolute atomic E-state index is 13.4. The Hall–Kier alpha value is -1.04. The lowest BCUT2D eigenvalue weighted by molar-refractivity contribution is 0.110. The second-order valence-corrected chi connectivity index (χ2v) is 5.69. The third-order valence-electron chi connectivity index (χ3n) is 4.16. The summed E-state index contributed by atoms with van der Waals surface area (Å²) in [6, 6.07) is 4.14. The molecule has 0 bridgehead atoms. The molecule has 20 heavy (non-hydrogen) atoms. The molecule has 0 aliphatic carbocycles. The van der Waals surface area contributed by atoms with Gasteiger partial charge in [-0.25, -0.2) is 8.78 Å². The molecule has 1 fully saturated rings. The van der Waals surface area contributed by atoms with E-state index in [1.54, 1.807) is 0 Å². The first-order chi connectivity index (χ1) is 9.51. The summed E-state index contributed by atoms with van der Waals surface area (Å²) in [6.07, 6.45) is 2.11. The zero-order chi connectivity index (χ0) is 14.7. The van der Waals surface area contributed by atoms with E-state index in [0.29, 0.717) is 18.2 Å². The fourth-order valence-corrected chi connectivity index (χ4v) is 2.98. The van der Waals surface area contributed by atoms with Crippen molar-refractivity contribution in [3.05, 3.63) is 35.4 Å². The average Bonchev–Trinajstić information content (AvgIpc) is 2.39. The highest BCUT2D eigenvalue weighted by atomic mass is 19.1. The first-order valence-corrected chi connectivity index (χ1v) is 7.07. The summed E-state index contributed by atoms with van der Waals surface area (Å²) in [5, 5.41) is 0. The number of rotatable bonds is 4. The molecule has 1 aliphatic rings. The van der Waals surface area contributed by atoms with Gasteiger partial charge in [0.1, 0.15) is 11.6 Å². The van der Waals surface area contributed by atoms with Crippen LogP contribution in [-0.4, -0.2) is 49.6 Å². The van der Waals surface area contributed by atoms with Crippen LogP contribution in [0.3, 0.4) is 0 Å². The predicted molar refractivity (Wildman–Crippen MR) is 76.4 cm³/mol. The summed E-state index contributed by atoms with van der Waals surface area (Å²) >= 11 is 0. The smallest absolute Gasteiger partial charge is 0.126 e. The van der Waals surface area contributed by atoms with Gasteiger partial charge in [-0.1, -0.05) is 0 Å². The van der Waals surface area contributed by atoms with Gasteiger partial charge in [0.2, 0.25) is 0 Å². The van der Waals surface area contributed by atoms with Crippen molar-refractivity contribution in [3.8, 4) is 0 Å². The van der Waals surface area contributed by atoms with Crippen molar-refractivity contribution in [1.29, 1.82) is 0 Å². The second-order valence-electron chi connectivity index (χ2n) is 5.69. The minimum atomic E-state index is -0.540. The number of likely N-dealkylation sites (tertiary alicyclic amines) is 1. The number of benzene rings is 1. The minimum absolute atomic E-state index is 0.108. The topological polar surface area (TPSA) is 32.5 Å². The lowest BCUT2D eigenvalue weighted by Gasteiger charge is -2.39. The van der Waals surface area contributed by atoms with E-state index in [0.717, 1.165) is 32.0 Å². The quantitative estimate of drug-likeness (QED) is 0.917. The Kier molecular flexibility index (Phi) is 5.07. The van der Waals surface area contributed by atoms with Crippen LogP contribution in [0.25, 0.3) is 0 Å². The van der Waals surface area contributed by atoms with Crippen LogP contribution in [0, 0.1) is 11.6 Å². The average molecular weight is 283 g/mol. The van der Waals surface area contributed by atoms with Crippen molar-refractivity contribution in [2.75, 3.05) is 33.7 Å². The van der Waals surface area contributed by atoms with E-state index in [-0.39, 0.29) is 6.04 Å². The van der Waals surface area contributed by atoms with E-state index < -0.39 is 11.6 Å². The Morgan fingerprint density at radius 2 is 1.75 bits per heavy atom. The standard InChI is InChI=1S/C15H23F2N3/c1-19(2)14-3-5-20(6-4-14)15(10-18)11-7-12(16)9-13(17)8-11/h7-9,14-15H,3-6,10,18H2,1-2H3. The molecule has 3 nitrogen and oxygen atoms in total. The van der Waals surface area contributed by atoms with Crippen molar-refractivity contribution >= 4 is 0 Å². The molecule has 1 aromatic rings. The second kappa shape index (κ2) is 6.61. The Morgan fingerprint density at radius 3 is 2.20 bits per heavy atom. The molecule has 1 aromatic carbocycles. The normalized spacial score (nSPS) is 19.5. The summed E-state index contributed by atoms with van der Waals surface area (Å²) in [7, 11) is 4.17. The molecule has 0 aromatic heterocycles. The summed E-state index contributed by atoms with van der Waals surface area (Å²) in [5.41, 5.74) is 6.47. The number of nitrogens with zero attached hydrogens (tertiary/aromatic N) is 2. The first-order valence-electron chi connectivity index (χ1n) is 7.07. The number of nitrogens with two attached hydrogens (primary N) is 1. The van der Waals surface area contributed by atoms with E-state index in [1.165, 1.54) is 12.1 Å². The van der Waals surface area contributed by atoms with Crippen LogP contribution in [0.1, 0.15) is 24.4 Å². The van der Waals surface area contributed by atoms with Crippen LogP contribution in [0.5, 0.6) is 0 Å². The Morgan fingerprint density at radius 1 is 1.20 bits per heavy atom. The first kappa shape index (κ1) is 15.4. The molecule has 1 unspecified atom stereocenters. The molecule has 2 N–H and O–H groups in total. The summed E-state index contributed by atoms with van der Waals surface area (Å²) in [4.78, 5) is 4.46. The van der Waals surface area contributed by atoms with Crippen LogP contribution in [0.4, 0.5) is 8.78 Å². The van der Waals surface area contributed by atoms with Crippen molar-refractivity contribution in [3.63, 3.8) is 0 Å². The summed E-state index contributed by atoms with van der Waals surface area (Å²) in [5.74, 6) is -1.08. The van der Waals surface area contributed by atoms with Crippen molar-refractivity contribution in [1.82, 2.24) is 9.80 Å². The third kappa shape index (κ3) is 3.53. The highest BCUT2D eigenvalue weighted by Crippen LogP contribution is 2.26. The number of piperidine rings is 1. The van der Waals surface area contributed by atoms with Gasteiger partial charge in [-0.05, 0) is 44.6 Å². The van der Waals surface area contributed by atoms with Gasteiger partial charge in [-0.3, -0.25) is 4.90 Å². The van der Waals surface area contributed by atoms with Gasteiger partial charge in [-0.2, -0.15) is 0 Å². The summed E-state index contributed by atoms with van der Waals surface area (Å²) in [6.45, 7) is 2.18. The molecular weight excluding hydrogens is 260 g/mol. The largest absolute Gasteiger partial charge is 0.329 e. The number of halogens is 2. The van der Waals surface area contributed by atoms with Crippen molar-refractivity contribution in [2.45, 2.75) is 24.9 Å². The molecule has 0 amide bonds. The molecule has 1 atom stereocenters. The minimum Gasteiger partial charge on any atom is -0.329 e. The van der Waals surface area contributed by atoms with Crippen LogP contribution >= 0.6 is 0 Å². The van der Waals surface area contributed by atoms with Crippen LogP contribution in [0.2, 0.25) is 0 Å². The third-order valence-corrected chi connectivity index (χ3v) is 4.16. The lowest BCUT2D eigenvalue weighted by Crippen LogP contribution is -2.45. The van der Waals surface area contributed by atoms with Gasteiger partial charge in [0.15, 0.2) is 0 Å². The number of hydrogen-bond acceptors (Lipinski definition) is 3. The van der Waals surface area contributed by atoms with Gasteiger partial charge >= 0.3 is 0 Å². The van der Waals surface area contributed by atoms with E-state index >= 15 is 0 Å². The highest BCUT2D eigenvalue weighted by Gasteiger charge is 2.26. The fourth-order valence-electron chi connectivity index (χ4n) is 2.98. The Bertz CT molecular complexity index is 422. The van der Waals surface area contributed by atoms with Gasteiger partial charge in [0.05, 0.1) is 0 Å². The van der Waals surface area contributed by atoms with Gasteiger partial charge in [0.25, 0.3) is 0 Å². The SMILES string of the molecule is CN(C)C1CCN(C(CN)c2cc(F)cc(F)c2)CC1. The molecule has 1 aliphatic heterocycles. The number of hydrogen-bond donors (Lipinski definition) is 1. The Balaban J connectivity index is 2.09. The summed E-state index contributed by atoms with van der Waals surface area (Å²) < 4.78 is 26.7. The lowest BCUT2D eigenvalue weighted by atomic mass is 9.98. The molecule has 1 heterocycles. The highest BCUT2D eigenvalue weighted by molar-refractivity contribution is 5.22. The molecule has 0 saturated carbocycles. The van der Waals surface area contributed by atoms with Gasteiger partial charge in [0, 0.05) is 37.8 Å². The van der Waals surface area contributed by atoms with Crippen LogP contribution < -0.4 is 5.73 Å². The van der Waals surface area contributed by atoms with Gasteiger partial charge < -0.3 is 10.6 Å². The van der Waals surface area contributed by atoms with Crippen molar-refractivity contribution < 1.29 is 8.78 Å². The fraction of sp³-hybridized carbons (Fsp3) is 0.600. The van der Waals surface area contributed by atoms with Gasteiger partial charge in [-0.15, -0.1) is 0 Å². The molecule has 0 spiro atoms. The van der Waals surface area contributed by atoms with E-state index in [2.05, 4.69) is 23.9 Å². The van der Waals surface area contributed by atoms with Crippen LogP contribution in [0.15, 0.2) is 18.2 Å². The molecule has 1 saturated heterocycles. The maximum atomic E-state index is 13.4. The van der Waals surface area contributed by atoms with E-state index in [1.807, 2.05) is 0 Å².